The summed E-state index contributed by atoms with van der Waals surface area (Å²) in [6, 6.07) is 11.1. The predicted octanol–water partition coefficient (Wildman–Crippen LogP) is 6.85. The molecule has 0 saturated carbocycles. The van der Waals surface area contributed by atoms with Crippen molar-refractivity contribution in [1.29, 1.82) is 0 Å². The molecule has 0 heterocycles. The van der Waals surface area contributed by atoms with E-state index in [1.165, 1.54) is 5.56 Å². The number of benzene rings is 2. The molecular weight excluding hydrogens is 437 g/mol. The van der Waals surface area contributed by atoms with Gasteiger partial charge in [-0.3, -0.25) is 4.79 Å². The summed E-state index contributed by atoms with van der Waals surface area (Å²) in [4.78, 5) is 12.0. The van der Waals surface area contributed by atoms with Gasteiger partial charge in [0.25, 0.3) is 0 Å². The number of hydrogen-bond acceptors (Lipinski definition) is 2. The van der Waals surface area contributed by atoms with Crippen molar-refractivity contribution in [2.75, 3.05) is 11.9 Å². The Balaban J connectivity index is 1.79. The summed E-state index contributed by atoms with van der Waals surface area (Å²) < 4.78 is 6.70. The van der Waals surface area contributed by atoms with Gasteiger partial charge in [0.2, 0.25) is 5.91 Å². The summed E-state index contributed by atoms with van der Waals surface area (Å²) in [5.41, 5.74) is 1.95. The molecule has 26 heavy (non-hydrogen) atoms. The van der Waals surface area contributed by atoms with Gasteiger partial charge in [-0.25, -0.2) is 0 Å². The molecule has 3 nitrogen and oxygen atoms in total. The van der Waals surface area contributed by atoms with Crippen LogP contribution in [0.3, 0.4) is 0 Å². The number of nitrogens with one attached hydrogen (secondary N) is 1. The highest BCUT2D eigenvalue weighted by molar-refractivity contribution is 9.10. The fourth-order valence-electron chi connectivity index (χ4n) is 2.30. The van der Waals surface area contributed by atoms with Crippen molar-refractivity contribution in [3.05, 3.63) is 56.5 Å². The minimum absolute atomic E-state index is 0.0870. The quantitative estimate of drug-likeness (QED) is 0.480. The number of halogens is 3. The Morgan fingerprint density at radius 1 is 1.12 bits per heavy atom. The summed E-state index contributed by atoms with van der Waals surface area (Å²) >= 11 is 15.3. The number of carbonyl (C=O) groups is 1. The van der Waals surface area contributed by atoms with Gasteiger partial charge >= 0.3 is 0 Å². The highest BCUT2D eigenvalue weighted by Crippen LogP contribution is 2.31. The lowest BCUT2D eigenvalue weighted by Gasteiger charge is -2.20. The van der Waals surface area contributed by atoms with E-state index in [2.05, 4.69) is 54.2 Å². The van der Waals surface area contributed by atoms with Crippen LogP contribution >= 0.6 is 39.1 Å². The van der Waals surface area contributed by atoms with E-state index in [9.17, 15) is 4.79 Å². The van der Waals surface area contributed by atoms with E-state index in [-0.39, 0.29) is 11.3 Å². The van der Waals surface area contributed by atoms with Crippen LogP contribution in [0.2, 0.25) is 10.0 Å². The van der Waals surface area contributed by atoms with Crippen LogP contribution in [0.5, 0.6) is 5.75 Å². The van der Waals surface area contributed by atoms with Crippen LogP contribution in [0.1, 0.15) is 39.2 Å². The molecule has 0 aliphatic heterocycles. The van der Waals surface area contributed by atoms with Crippen LogP contribution in [0, 0.1) is 0 Å². The minimum atomic E-state index is -0.0888. The van der Waals surface area contributed by atoms with Crippen LogP contribution in [0.4, 0.5) is 5.69 Å². The van der Waals surface area contributed by atoms with Gasteiger partial charge in [-0.15, -0.1) is 0 Å². The monoisotopic (exact) mass is 457 g/mol. The lowest BCUT2D eigenvalue weighted by Crippen LogP contribution is -2.13. The van der Waals surface area contributed by atoms with Crippen LogP contribution in [0.15, 0.2) is 40.9 Å². The number of ether oxygens (including phenoxy) is 1. The molecule has 1 N–H and O–H groups in total. The second-order valence-electron chi connectivity index (χ2n) is 7.02. The zero-order valence-corrected chi connectivity index (χ0v) is 18.1. The average Bonchev–Trinajstić information content (AvgIpc) is 2.55. The second kappa shape index (κ2) is 9.12. The molecule has 140 valence electrons. The maximum absolute atomic E-state index is 12.0. The molecule has 2 aromatic carbocycles. The first-order chi connectivity index (χ1) is 12.2. The van der Waals surface area contributed by atoms with Crippen molar-refractivity contribution in [2.24, 2.45) is 0 Å². The molecule has 2 rings (SSSR count). The lowest BCUT2D eigenvalue weighted by molar-refractivity contribution is -0.116. The van der Waals surface area contributed by atoms with Crippen LogP contribution in [-0.4, -0.2) is 12.5 Å². The first-order valence-electron chi connectivity index (χ1n) is 8.34. The molecule has 2 aromatic rings. The van der Waals surface area contributed by atoms with E-state index in [1.54, 1.807) is 18.2 Å². The molecule has 0 radical (unpaired) electrons. The molecule has 6 heteroatoms. The number of rotatable bonds is 6. The third-order valence-corrected chi connectivity index (χ3v) is 5.17. The zero-order valence-electron chi connectivity index (χ0n) is 15.0. The van der Waals surface area contributed by atoms with Crippen molar-refractivity contribution in [2.45, 2.75) is 39.0 Å². The van der Waals surface area contributed by atoms with Gasteiger partial charge < -0.3 is 10.1 Å². The molecule has 0 atom stereocenters. The molecule has 1 amide bonds. The van der Waals surface area contributed by atoms with E-state index >= 15 is 0 Å². The Hall–Kier alpha value is -1.23. The van der Waals surface area contributed by atoms with E-state index in [0.717, 1.165) is 10.2 Å². The predicted molar refractivity (Wildman–Crippen MR) is 113 cm³/mol. The summed E-state index contributed by atoms with van der Waals surface area (Å²) in [5, 5.41) is 3.67. The van der Waals surface area contributed by atoms with Crippen molar-refractivity contribution >= 4 is 50.7 Å². The highest BCUT2D eigenvalue weighted by atomic mass is 79.9. The molecule has 0 unspecified atom stereocenters. The molecule has 0 aromatic heterocycles. The number of amides is 1. The third-order valence-electron chi connectivity index (χ3n) is 3.81. The maximum atomic E-state index is 12.0. The molecule has 0 bridgehead atoms. The molecule has 0 saturated heterocycles. The van der Waals surface area contributed by atoms with Gasteiger partial charge in [0.15, 0.2) is 0 Å². The molecule has 0 aliphatic carbocycles. The van der Waals surface area contributed by atoms with Crippen molar-refractivity contribution in [3.63, 3.8) is 0 Å². The SMILES string of the molecule is CC(C)(C)c1ccc(OCCCC(=O)Nc2ccc(Cl)c(Cl)c2)c(Br)c1. The first-order valence-corrected chi connectivity index (χ1v) is 9.89. The summed E-state index contributed by atoms with van der Waals surface area (Å²) in [5.74, 6) is 0.692. The smallest absolute Gasteiger partial charge is 0.224 e. The Kier molecular flexibility index (Phi) is 7.39. The summed E-state index contributed by atoms with van der Waals surface area (Å²) in [6.45, 7) is 6.97. The number of anilines is 1. The van der Waals surface area contributed by atoms with Crippen LogP contribution < -0.4 is 10.1 Å². The second-order valence-corrected chi connectivity index (χ2v) is 8.69. The average molecular weight is 459 g/mol. The topological polar surface area (TPSA) is 38.3 Å². The van der Waals surface area contributed by atoms with E-state index in [4.69, 9.17) is 27.9 Å². The van der Waals surface area contributed by atoms with E-state index in [1.807, 2.05) is 6.07 Å². The van der Waals surface area contributed by atoms with Crippen LogP contribution in [-0.2, 0) is 10.2 Å². The Morgan fingerprint density at radius 2 is 1.85 bits per heavy atom. The van der Waals surface area contributed by atoms with Crippen LogP contribution in [0.25, 0.3) is 0 Å². The van der Waals surface area contributed by atoms with Gasteiger partial charge in [0.05, 0.1) is 21.1 Å². The summed E-state index contributed by atoms with van der Waals surface area (Å²) in [7, 11) is 0. The van der Waals surface area contributed by atoms with Gasteiger partial charge in [0.1, 0.15) is 5.75 Å². The maximum Gasteiger partial charge on any atom is 0.224 e. The lowest BCUT2D eigenvalue weighted by atomic mass is 9.87. The first kappa shape index (κ1) is 21.1. The van der Waals surface area contributed by atoms with Gasteiger partial charge in [-0.05, 0) is 63.7 Å². The Bertz CT molecular complexity index is 788. The van der Waals surface area contributed by atoms with Gasteiger partial charge in [-0.2, -0.15) is 0 Å². The molecule has 0 spiro atoms. The Labute approximate surface area is 173 Å². The van der Waals surface area contributed by atoms with Crippen molar-refractivity contribution in [1.82, 2.24) is 0 Å². The standard InChI is InChI=1S/C20H22BrCl2NO2/c1-20(2,3)13-6-9-18(15(21)11-13)26-10-4-5-19(25)24-14-7-8-16(22)17(23)12-14/h6-9,11-12H,4-5,10H2,1-3H3,(H,24,25). The highest BCUT2D eigenvalue weighted by Gasteiger charge is 2.15. The molecular formula is C20H22BrCl2NO2. The zero-order chi connectivity index (χ0) is 19.3. The number of carbonyl (C=O) groups excluding carboxylic acids is 1. The van der Waals surface area contributed by atoms with Crippen molar-refractivity contribution < 1.29 is 9.53 Å². The fourth-order valence-corrected chi connectivity index (χ4v) is 3.09. The molecule has 0 fully saturated rings. The fraction of sp³-hybridized carbons (Fsp3) is 0.350. The van der Waals surface area contributed by atoms with Gasteiger partial charge in [0, 0.05) is 12.1 Å². The Morgan fingerprint density at radius 3 is 2.46 bits per heavy atom. The largest absolute Gasteiger partial charge is 0.492 e. The number of hydrogen-bond donors (Lipinski definition) is 1. The van der Waals surface area contributed by atoms with E-state index in [0.29, 0.717) is 35.2 Å². The minimum Gasteiger partial charge on any atom is -0.492 e. The van der Waals surface area contributed by atoms with E-state index < -0.39 is 0 Å². The summed E-state index contributed by atoms with van der Waals surface area (Å²) in [6.07, 6.45) is 0.971. The third kappa shape index (κ3) is 6.19. The molecule has 0 aliphatic rings. The van der Waals surface area contributed by atoms with Gasteiger partial charge in [-0.1, -0.05) is 50.0 Å². The van der Waals surface area contributed by atoms with Crippen molar-refractivity contribution in [3.8, 4) is 5.75 Å². The normalized spacial score (nSPS) is 11.3.